The van der Waals surface area contributed by atoms with Crippen LogP contribution >= 0.6 is 0 Å². The highest BCUT2D eigenvalue weighted by Gasteiger charge is 2.06. The third-order valence-electron chi connectivity index (χ3n) is 3.33. The smallest absolute Gasteiger partial charge is 0.119 e. The zero-order valence-corrected chi connectivity index (χ0v) is 11.3. The molecule has 1 nitrogen and oxygen atoms in total. The van der Waals surface area contributed by atoms with E-state index < -0.39 is 0 Å². The summed E-state index contributed by atoms with van der Waals surface area (Å²) in [5.41, 5.74) is 2.54. The second kappa shape index (κ2) is 8.16. The first kappa shape index (κ1) is 14.1. The van der Waals surface area contributed by atoms with Gasteiger partial charge in [-0.25, -0.2) is 0 Å². The Morgan fingerprint density at radius 2 is 1.65 bits per heavy atom. The molecular weight excluding hydrogens is 208 g/mol. The minimum atomic E-state index is 0.495. The molecule has 0 unspecified atom stereocenters. The fourth-order valence-corrected chi connectivity index (χ4v) is 2.24. The molecule has 0 spiro atoms. The summed E-state index contributed by atoms with van der Waals surface area (Å²) in [6.45, 7) is 4.44. The Morgan fingerprint density at radius 1 is 0.882 bits per heavy atom. The van der Waals surface area contributed by atoms with Crippen LogP contribution in [0.5, 0.6) is 5.75 Å². The van der Waals surface area contributed by atoms with Crippen molar-refractivity contribution in [3.05, 3.63) is 29.3 Å². The molecule has 96 valence electrons. The zero-order chi connectivity index (χ0) is 12.5. The Balaban J connectivity index is 2.60. The van der Waals surface area contributed by atoms with Gasteiger partial charge in [-0.2, -0.15) is 0 Å². The van der Waals surface area contributed by atoms with Gasteiger partial charge in [0.05, 0.1) is 0 Å². The van der Waals surface area contributed by atoms with Crippen LogP contribution in [0.3, 0.4) is 0 Å². The van der Waals surface area contributed by atoms with Crippen LogP contribution in [-0.4, -0.2) is 5.11 Å². The molecule has 1 aromatic rings. The molecule has 17 heavy (non-hydrogen) atoms. The van der Waals surface area contributed by atoms with E-state index >= 15 is 0 Å². The predicted molar refractivity (Wildman–Crippen MR) is 74.6 cm³/mol. The van der Waals surface area contributed by atoms with Crippen LogP contribution in [0.25, 0.3) is 0 Å². The van der Waals surface area contributed by atoms with Crippen molar-refractivity contribution >= 4 is 0 Å². The molecule has 1 N–H and O–H groups in total. The number of benzene rings is 1. The van der Waals surface area contributed by atoms with Crippen molar-refractivity contribution in [1.29, 1.82) is 0 Å². The van der Waals surface area contributed by atoms with Crippen LogP contribution in [0.2, 0.25) is 0 Å². The first-order chi connectivity index (χ1) is 8.29. The lowest BCUT2D eigenvalue weighted by molar-refractivity contribution is 0.464. The standard InChI is InChI=1S/C16H26O/c1-3-5-7-8-12-15-14(10-6-4-2)11-9-13-16(15)17/h9,11,13,17H,3-8,10,12H2,1-2H3. The molecule has 0 saturated heterocycles. The van der Waals surface area contributed by atoms with E-state index in [-0.39, 0.29) is 0 Å². The quantitative estimate of drug-likeness (QED) is 0.637. The molecule has 1 aromatic carbocycles. The molecule has 0 radical (unpaired) electrons. The van der Waals surface area contributed by atoms with Crippen LogP contribution in [-0.2, 0) is 12.8 Å². The Bertz CT molecular complexity index is 317. The van der Waals surface area contributed by atoms with Crippen molar-refractivity contribution in [2.24, 2.45) is 0 Å². The maximum Gasteiger partial charge on any atom is 0.119 e. The Labute approximate surface area is 106 Å². The molecule has 0 aliphatic carbocycles. The molecule has 0 aliphatic heterocycles. The van der Waals surface area contributed by atoms with Gasteiger partial charge in [0.25, 0.3) is 0 Å². The van der Waals surface area contributed by atoms with Gasteiger partial charge in [-0.05, 0) is 42.9 Å². The number of unbranched alkanes of at least 4 members (excludes halogenated alkanes) is 4. The van der Waals surface area contributed by atoms with Gasteiger partial charge >= 0.3 is 0 Å². The maximum absolute atomic E-state index is 9.95. The average Bonchev–Trinajstić information content (AvgIpc) is 2.34. The number of phenols is 1. The molecule has 1 heteroatoms. The van der Waals surface area contributed by atoms with E-state index in [1.54, 1.807) is 0 Å². The molecule has 0 fully saturated rings. The summed E-state index contributed by atoms with van der Waals surface area (Å²) in [5.74, 6) is 0.495. The number of phenolic OH excluding ortho intramolecular Hbond substituents is 1. The third-order valence-corrected chi connectivity index (χ3v) is 3.33. The van der Waals surface area contributed by atoms with Crippen LogP contribution < -0.4 is 0 Å². The second-order valence-electron chi connectivity index (χ2n) is 4.83. The number of aryl methyl sites for hydroxylation is 1. The summed E-state index contributed by atoms with van der Waals surface area (Å²) >= 11 is 0. The van der Waals surface area contributed by atoms with Gasteiger partial charge in [0.2, 0.25) is 0 Å². The molecule has 0 heterocycles. The molecule has 0 aliphatic rings. The van der Waals surface area contributed by atoms with E-state index in [2.05, 4.69) is 19.9 Å². The van der Waals surface area contributed by atoms with Gasteiger partial charge < -0.3 is 5.11 Å². The maximum atomic E-state index is 9.95. The predicted octanol–water partition coefficient (Wildman–Crippen LogP) is 4.86. The monoisotopic (exact) mass is 234 g/mol. The van der Waals surface area contributed by atoms with Crippen LogP contribution in [0.15, 0.2) is 18.2 Å². The molecule has 0 amide bonds. The van der Waals surface area contributed by atoms with Crippen molar-refractivity contribution in [3.8, 4) is 5.75 Å². The fraction of sp³-hybridized carbons (Fsp3) is 0.625. The highest BCUT2D eigenvalue weighted by molar-refractivity contribution is 5.39. The van der Waals surface area contributed by atoms with E-state index in [4.69, 9.17) is 0 Å². The molecule has 0 bridgehead atoms. The lowest BCUT2D eigenvalue weighted by Gasteiger charge is -2.11. The van der Waals surface area contributed by atoms with Crippen LogP contribution in [0.1, 0.15) is 63.5 Å². The lowest BCUT2D eigenvalue weighted by atomic mass is 9.96. The van der Waals surface area contributed by atoms with E-state index in [9.17, 15) is 5.11 Å². The van der Waals surface area contributed by atoms with Crippen LogP contribution in [0.4, 0.5) is 0 Å². The second-order valence-corrected chi connectivity index (χ2v) is 4.83. The van der Waals surface area contributed by atoms with Gasteiger partial charge in [-0.1, -0.05) is 51.7 Å². The number of hydrogen-bond donors (Lipinski definition) is 1. The van der Waals surface area contributed by atoms with Crippen LogP contribution in [0, 0.1) is 0 Å². The van der Waals surface area contributed by atoms with Crippen molar-refractivity contribution in [2.75, 3.05) is 0 Å². The van der Waals surface area contributed by atoms with E-state index in [1.807, 2.05) is 12.1 Å². The average molecular weight is 234 g/mol. The molecule has 1 rings (SSSR count). The largest absolute Gasteiger partial charge is 0.508 e. The van der Waals surface area contributed by atoms with Gasteiger partial charge in [-0.15, -0.1) is 0 Å². The highest BCUT2D eigenvalue weighted by Crippen LogP contribution is 2.24. The van der Waals surface area contributed by atoms with Crippen molar-refractivity contribution in [3.63, 3.8) is 0 Å². The van der Waals surface area contributed by atoms with E-state index in [1.165, 1.54) is 49.7 Å². The Hall–Kier alpha value is -0.980. The van der Waals surface area contributed by atoms with Crippen molar-refractivity contribution in [2.45, 2.75) is 65.2 Å². The fourth-order valence-electron chi connectivity index (χ4n) is 2.24. The summed E-state index contributed by atoms with van der Waals surface area (Å²) in [4.78, 5) is 0. The Kier molecular flexibility index (Phi) is 6.76. The third kappa shape index (κ3) is 4.80. The summed E-state index contributed by atoms with van der Waals surface area (Å²) in [7, 11) is 0. The van der Waals surface area contributed by atoms with Crippen molar-refractivity contribution in [1.82, 2.24) is 0 Å². The summed E-state index contributed by atoms with van der Waals surface area (Å²) < 4.78 is 0. The van der Waals surface area contributed by atoms with Gasteiger partial charge in [0.15, 0.2) is 0 Å². The Morgan fingerprint density at radius 3 is 2.35 bits per heavy atom. The minimum absolute atomic E-state index is 0.495. The van der Waals surface area contributed by atoms with Gasteiger partial charge in [0.1, 0.15) is 5.75 Å². The summed E-state index contributed by atoms with van der Waals surface area (Å²) in [6, 6.07) is 5.96. The first-order valence-corrected chi connectivity index (χ1v) is 7.09. The molecule has 0 saturated carbocycles. The number of aromatic hydroxyl groups is 1. The first-order valence-electron chi connectivity index (χ1n) is 7.09. The minimum Gasteiger partial charge on any atom is -0.508 e. The van der Waals surface area contributed by atoms with Gasteiger partial charge in [-0.3, -0.25) is 0 Å². The lowest BCUT2D eigenvalue weighted by Crippen LogP contribution is -1.95. The molecular formula is C16H26O. The zero-order valence-electron chi connectivity index (χ0n) is 11.3. The SMILES string of the molecule is CCCCCCc1c(O)cccc1CCCC. The normalized spacial score (nSPS) is 10.7. The molecule has 0 atom stereocenters. The topological polar surface area (TPSA) is 20.2 Å². The number of rotatable bonds is 8. The van der Waals surface area contributed by atoms with Crippen molar-refractivity contribution < 1.29 is 5.11 Å². The number of hydrogen-bond acceptors (Lipinski definition) is 1. The van der Waals surface area contributed by atoms with E-state index in [0.717, 1.165) is 12.8 Å². The summed E-state index contributed by atoms with van der Waals surface area (Å²) in [5, 5.41) is 9.95. The van der Waals surface area contributed by atoms with E-state index in [0.29, 0.717) is 5.75 Å². The summed E-state index contributed by atoms with van der Waals surface area (Å²) in [6.07, 6.45) is 9.61. The van der Waals surface area contributed by atoms with Gasteiger partial charge in [0, 0.05) is 0 Å². The highest BCUT2D eigenvalue weighted by atomic mass is 16.3. The molecule has 0 aromatic heterocycles.